The highest BCUT2D eigenvalue weighted by Crippen LogP contribution is 2.47. The third-order valence-corrected chi connectivity index (χ3v) is 13.0. The number of benzene rings is 9. The van der Waals surface area contributed by atoms with E-state index in [1.165, 1.54) is 21.8 Å². The zero-order chi connectivity index (χ0) is 45.0. The van der Waals surface area contributed by atoms with Crippen LogP contribution in [0.2, 0.25) is 0 Å². The number of para-hydroxylation sites is 2. The Labute approximate surface area is 392 Å². The summed E-state index contributed by atoms with van der Waals surface area (Å²) in [6.07, 6.45) is 0. The van der Waals surface area contributed by atoms with E-state index in [0.29, 0.717) is 5.82 Å². The largest absolute Gasteiger partial charge is 0.455 e. The third kappa shape index (κ3) is 6.76. The van der Waals surface area contributed by atoms with Crippen LogP contribution in [0.15, 0.2) is 247 Å². The lowest BCUT2D eigenvalue weighted by molar-refractivity contribution is 0.636. The van der Waals surface area contributed by atoms with Crippen LogP contribution in [-0.4, -0.2) is 19.5 Å². The summed E-state index contributed by atoms with van der Waals surface area (Å²) in [5.41, 5.74) is 17.0. The van der Waals surface area contributed by atoms with Gasteiger partial charge in [0.1, 0.15) is 11.3 Å². The maximum Gasteiger partial charge on any atom is 0.160 e. The van der Waals surface area contributed by atoms with E-state index in [4.69, 9.17) is 19.4 Å². The Hall–Kier alpha value is -9.19. The maximum atomic E-state index is 7.09. The molecule has 0 N–H and O–H groups in total. The van der Waals surface area contributed by atoms with E-state index in [0.717, 1.165) is 100 Å². The van der Waals surface area contributed by atoms with Gasteiger partial charge in [-0.3, -0.25) is 0 Å². The number of aromatic nitrogens is 4. The Morgan fingerprint density at radius 1 is 0.338 bits per heavy atom. The second kappa shape index (κ2) is 16.4. The molecule has 0 bridgehead atoms. The molecule has 13 rings (SSSR count). The van der Waals surface area contributed by atoms with Crippen LogP contribution in [0.25, 0.3) is 128 Å². The SMILES string of the molecule is c1ccc(-c2nc(-c3ccc(-c4ccc5nc(-c6ccccc6)c6c(-c7ccccc7)c(-c7ccccc7)oc6c5c4)cc3)cc(-c3cccc(-n4c5ccccc5c5ccccc54)c3)n2)cc1. The van der Waals surface area contributed by atoms with Gasteiger partial charge in [-0.25, -0.2) is 15.0 Å². The van der Waals surface area contributed by atoms with Crippen molar-refractivity contribution in [1.82, 2.24) is 19.5 Å². The van der Waals surface area contributed by atoms with Crippen molar-refractivity contribution >= 4 is 43.7 Å². The molecule has 68 heavy (non-hydrogen) atoms. The van der Waals surface area contributed by atoms with Gasteiger partial charge >= 0.3 is 0 Å². The van der Waals surface area contributed by atoms with Crippen molar-refractivity contribution in [3.05, 3.63) is 243 Å². The summed E-state index contributed by atoms with van der Waals surface area (Å²) in [6, 6.07) is 84.7. The van der Waals surface area contributed by atoms with Gasteiger partial charge in [-0.05, 0) is 59.2 Å². The van der Waals surface area contributed by atoms with E-state index in [1.54, 1.807) is 0 Å². The van der Waals surface area contributed by atoms with Gasteiger partial charge in [0, 0.05) is 55.2 Å². The van der Waals surface area contributed by atoms with Crippen LogP contribution in [0, 0.1) is 0 Å². The summed E-state index contributed by atoms with van der Waals surface area (Å²) >= 11 is 0. The molecule has 0 radical (unpaired) electrons. The van der Waals surface area contributed by atoms with E-state index in [-0.39, 0.29) is 0 Å². The number of nitrogens with zero attached hydrogens (tertiary/aromatic N) is 4. The topological polar surface area (TPSA) is 56.7 Å². The first kappa shape index (κ1) is 39.2. The van der Waals surface area contributed by atoms with Gasteiger partial charge in [0.2, 0.25) is 0 Å². The lowest BCUT2D eigenvalue weighted by Gasteiger charge is -2.13. The monoisotopic (exact) mass is 868 g/mol. The molecule has 0 saturated carbocycles. The number of fused-ring (bicyclic) bond motifs is 6. The molecule has 0 aliphatic heterocycles. The van der Waals surface area contributed by atoms with E-state index < -0.39 is 0 Å². The highest BCUT2D eigenvalue weighted by molar-refractivity contribution is 6.17. The smallest absolute Gasteiger partial charge is 0.160 e. The first-order chi connectivity index (χ1) is 33.7. The Bertz CT molecular complexity index is 3940. The molecular weight excluding hydrogens is 829 g/mol. The predicted octanol–water partition coefficient (Wildman–Crippen LogP) is 16.5. The van der Waals surface area contributed by atoms with Crippen LogP contribution in [0.5, 0.6) is 0 Å². The maximum absolute atomic E-state index is 7.09. The summed E-state index contributed by atoms with van der Waals surface area (Å²) in [6.45, 7) is 0. The second-order valence-electron chi connectivity index (χ2n) is 17.1. The summed E-state index contributed by atoms with van der Waals surface area (Å²) in [7, 11) is 0. The van der Waals surface area contributed by atoms with Crippen LogP contribution in [0.3, 0.4) is 0 Å². The summed E-state index contributed by atoms with van der Waals surface area (Å²) in [4.78, 5) is 15.8. The van der Waals surface area contributed by atoms with Crippen LogP contribution in [-0.2, 0) is 0 Å². The first-order valence-corrected chi connectivity index (χ1v) is 22.9. The van der Waals surface area contributed by atoms with Gasteiger partial charge in [-0.15, -0.1) is 0 Å². The van der Waals surface area contributed by atoms with Crippen molar-refractivity contribution in [2.45, 2.75) is 0 Å². The van der Waals surface area contributed by atoms with Crippen molar-refractivity contribution < 1.29 is 4.42 Å². The molecule has 9 aromatic carbocycles. The van der Waals surface area contributed by atoms with Gasteiger partial charge in [-0.2, -0.15) is 0 Å². The van der Waals surface area contributed by atoms with Gasteiger partial charge < -0.3 is 8.98 Å². The second-order valence-corrected chi connectivity index (χ2v) is 17.1. The quantitative estimate of drug-likeness (QED) is 0.153. The minimum atomic E-state index is 0.675. The molecular formula is C63H40N4O. The average molecular weight is 869 g/mol. The van der Waals surface area contributed by atoms with Crippen LogP contribution in [0.1, 0.15) is 0 Å². The molecule has 4 heterocycles. The lowest BCUT2D eigenvalue weighted by atomic mass is 9.94. The Morgan fingerprint density at radius 2 is 0.868 bits per heavy atom. The van der Waals surface area contributed by atoms with Crippen LogP contribution >= 0.6 is 0 Å². The Kier molecular flexibility index (Phi) is 9.43. The van der Waals surface area contributed by atoms with Crippen molar-refractivity contribution in [2.24, 2.45) is 0 Å². The van der Waals surface area contributed by atoms with Gasteiger partial charge in [0.05, 0.1) is 39.0 Å². The molecule has 0 spiro atoms. The molecule has 13 aromatic rings. The summed E-state index contributed by atoms with van der Waals surface area (Å²) in [5.74, 6) is 1.50. The highest BCUT2D eigenvalue weighted by Gasteiger charge is 2.25. The van der Waals surface area contributed by atoms with Crippen molar-refractivity contribution in [2.75, 3.05) is 0 Å². The molecule has 0 aliphatic rings. The molecule has 5 nitrogen and oxygen atoms in total. The van der Waals surface area contributed by atoms with Crippen LogP contribution in [0.4, 0.5) is 0 Å². The molecule has 0 amide bonds. The van der Waals surface area contributed by atoms with Crippen molar-refractivity contribution in [1.29, 1.82) is 0 Å². The third-order valence-electron chi connectivity index (χ3n) is 13.0. The molecule has 5 heteroatoms. The fraction of sp³-hybridized carbons (Fsp3) is 0. The molecule has 318 valence electrons. The molecule has 0 fully saturated rings. The minimum Gasteiger partial charge on any atom is -0.455 e. The number of hydrogen-bond donors (Lipinski definition) is 0. The standard InChI is InChI=1S/C63H40N4O/c1-5-18-43(19-6-1)58-59-60(44-20-7-2-8-21-44)64-53-37-36-47(39-52(53)62(59)68-61(58)45-22-9-3-10-23-45)41-32-34-42(35-33-41)54-40-55(66-63(65-54)46-24-11-4-12-25-46)48-26-17-27-49(38-48)67-56-30-15-13-28-50(56)51-29-14-16-31-57(51)67/h1-40H. The van der Waals surface area contributed by atoms with E-state index >= 15 is 0 Å². The average Bonchev–Trinajstić information content (AvgIpc) is 3.99. The number of hydrogen-bond acceptors (Lipinski definition) is 4. The fourth-order valence-corrected chi connectivity index (χ4v) is 9.79. The predicted molar refractivity (Wildman–Crippen MR) is 279 cm³/mol. The summed E-state index contributed by atoms with van der Waals surface area (Å²) in [5, 5.41) is 4.41. The minimum absolute atomic E-state index is 0.675. The molecule has 0 unspecified atom stereocenters. The van der Waals surface area contributed by atoms with Gasteiger partial charge in [0.25, 0.3) is 0 Å². The Balaban J connectivity index is 0.930. The van der Waals surface area contributed by atoms with Crippen molar-refractivity contribution in [3.63, 3.8) is 0 Å². The van der Waals surface area contributed by atoms with Gasteiger partial charge in [0.15, 0.2) is 5.82 Å². The van der Waals surface area contributed by atoms with Crippen LogP contribution < -0.4 is 0 Å². The van der Waals surface area contributed by atoms with E-state index in [2.05, 4.69) is 217 Å². The number of pyridine rings is 1. The zero-order valence-corrected chi connectivity index (χ0v) is 36.8. The van der Waals surface area contributed by atoms with Gasteiger partial charge in [-0.1, -0.05) is 200 Å². The molecule has 4 aromatic heterocycles. The molecule has 0 saturated heterocycles. The highest BCUT2D eigenvalue weighted by atomic mass is 16.3. The normalized spacial score (nSPS) is 11.5. The number of furan rings is 1. The van der Waals surface area contributed by atoms with E-state index in [1.807, 2.05) is 30.3 Å². The van der Waals surface area contributed by atoms with E-state index in [9.17, 15) is 0 Å². The fourth-order valence-electron chi connectivity index (χ4n) is 9.79. The molecule has 0 atom stereocenters. The zero-order valence-electron chi connectivity index (χ0n) is 36.8. The lowest BCUT2D eigenvalue weighted by Crippen LogP contribution is -1.98. The Morgan fingerprint density at radius 3 is 1.53 bits per heavy atom. The number of rotatable bonds is 8. The first-order valence-electron chi connectivity index (χ1n) is 22.9. The van der Waals surface area contributed by atoms with Crippen molar-refractivity contribution in [3.8, 4) is 84.4 Å². The molecule has 0 aliphatic carbocycles. The summed E-state index contributed by atoms with van der Waals surface area (Å²) < 4.78 is 9.44.